The van der Waals surface area contributed by atoms with Gasteiger partial charge in [0.05, 0.1) is 0 Å². The number of hydrogen-bond donors (Lipinski definition) is 0. The Bertz CT molecular complexity index is 139. The van der Waals surface area contributed by atoms with E-state index >= 15 is 0 Å². The average Bonchev–Trinajstić information content (AvgIpc) is 2.31. The van der Waals surface area contributed by atoms with E-state index in [9.17, 15) is 0 Å². The van der Waals surface area contributed by atoms with Crippen molar-refractivity contribution in [2.45, 2.75) is 86.0 Å². The molecule has 0 amide bonds. The Morgan fingerprint density at radius 1 is 0.625 bits per heavy atom. The summed E-state index contributed by atoms with van der Waals surface area (Å²) >= 11 is 0. The fraction of sp³-hybridized carbons (Fsp3) is 1.00. The van der Waals surface area contributed by atoms with Crippen molar-refractivity contribution in [1.82, 2.24) is 0 Å². The van der Waals surface area contributed by atoms with Crippen LogP contribution in [0.15, 0.2) is 0 Å². The average molecular weight is 226 g/mol. The van der Waals surface area contributed by atoms with Gasteiger partial charge in [0.1, 0.15) is 0 Å². The van der Waals surface area contributed by atoms with E-state index in [2.05, 4.69) is 34.6 Å². The molecule has 0 rings (SSSR count). The Balaban J connectivity index is 3.27. The standard InChI is InChI=1S/C16H34/c1-6-14(3)12-10-8-9-11-13-16(5)15(4)7-2/h14-16H,6-13H2,1-5H3. The zero-order valence-electron chi connectivity index (χ0n) is 12.4. The Morgan fingerprint density at radius 2 is 1.19 bits per heavy atom. The summed E-state index contributed by atoms with van der Waals surface area (Å²) in [6.07, 6.45) is 11.4. The number of hydrogen-bond acceptors (Lipinski definition) is 0. The normalized spacial score (nSPS) is 17.1. The van der Waals surface area contributed by atoms with Gasteiger partial charge in [-0.05, 0) is 17.8 Å². The van der Waals surface area contributed by atoms with Gasteiger partial charge in [-0.25, -0.2) is 0 Å². The molecule has 0 aromatic rings. The fourth-order valence-corrected chi connectivity index (χ4v) is 2.20. The SMILES string of the molecule is CCC(C)CCCCCCC(C)C(C)CC. The predicted octanol–water partition coefficient (Wildman–Crippen LogP) is 6.06. The van der Waals surface area contributed by atoms with Gasteiger partial charge in [-0.1, -0.05) is 86.0 Å². The molecule has 3 unspecified atom stereocenters. The van der Waals surface area contributed by atoms with Crippen LogP contribution in [-0.4, -0.2) is 0 Å². The summed E-state index contributed by atoms with van der Waals surface area (Å²) in [6.45, 7) is 11.8. The highest BCUT2D eigenvalue weighted by atomic mass is 14.1. The van der Waals surface area contributed by atoms with E-state index in [1.54, 1.807) is 0 Å². The molecule has 0 nitrogen and oxygen atoms in total. The maximum Gasteiger partial charge on any atom is -0.0417 e. The van der Waals surface area contributed by atoms with Crippen LogP contribution in [0, 0.1) is 17.8 Å². The van der Waals surface area contributed by atoms with Gasteiger partial charge in [0.15, 0.2) is 0 Å². The highest BCUT2D eigenvalue weighted by Gasteiger charge is 2.09. The van der Waals surface area contributed by atoms with Crippen molar-refractivity contribution in [2.75, 3.05) is 0 Å². The molecule has 16 heavy (non-hydrogen) atoms. The Hall–Kier alpha value is 0. The molecule has 0 aliphatic heterocycles. The van der Waals surface area contributed by atoms with E-state index in [0.717, 1.165) is 17.8 Å². The van der Waals surface area contributed by atoms with E-state index in [4.69, 9.17) is 0 Å². The molecule has 0 heterocycles. The van der Waals surface area contributed by atoms with E-state index in [-0.39, 0.29) is 0 Å². The molecule has 0 aromatic carbocycles. The van der Waals surface area contributed by atoms with E-state index in [1.807, 2.05) is 0 Å². The summed E-state index contributed by atoms with van der Waals surface area (Å²) in [6, 6.07) is 0. The third-order valence-electron chi connectivity index (χ3n) is 4.42. The van der Waals surface area contributed by atoms with Gasteiger partial charge in [-0.15, -0.1) is 0 Å². The minimum absolute atomic E-state index is 0.917. The Labute approximate surface area is 104 Å². The van der Waals surface area contributed by atoms with Crippen molar-refractivity contribution in [3.63, 3.8) is 0 Å². The molecule has 3 atom stereocenters. The van der Waals surface area contributed by atoms with Crippen LogP contribution in [-0.2, 0) is 0 Å². The Kier molecular flexibility index (Phi) is 10.2. The molecule has 0 aliphatic carbocycles. The second-order valence-electron chi connectivity index (χ2n) is 5.87. The molecule has 0 radical (unpaired) electrons. The second kappa shape index (κ2) is 10.2. The molecule has 0 bridgehead atoms. The van der Waals surface area contributed by atoms with Crippen LogP contribution in [0.2, 0.25) is 0 Å². The van der Waals surface area contributed by atoms with E-state index < -0.39 is 0 Å². The van der Waals surface area contributed by atoms with E-state index in [0.29, 0.717) is 0 Å². The lowest BCUT2D eigenvalue weighted by Gasteiger charge is -2.17. The second-order valence-corrected chi connectivity index (χ2v) is 5.87. The van der Waals surface area contributed by atoms with Crippen LogP contribution < -0.4 is 0 Å². The maximum absolute atomic E-state index is 2.42. The topological polar surface area (TPSA) is 0 Å². The molecular weight excluding hydrogens is 192 g/mol. The van der Waals surface area contributed by atoms with Gasteiger partial charge >= 0.3 is 0 Å². The summed E-state index contributed by atoms with van der Waals surface area (Å²) in [4.78, 5) is 0. The van der Waals surface area contributed by atoms with Crippen molar-refractivity contribution in [3.8, 4) is 0 Å². The summed E-state index contributed by atoms with van der Waals surface area (Å²) in [5.41, 5.74) is 0. The van der Waals surface area contributed by atoms with Gasteiger partial charge in [-0.2, -0.15) is 0 Å². The van der Waals surface area contributed by atoms with Gasteiger partial charge < -0.3 is 0 Å². The van der Waals surface area contributed by atoms with Crippen LogP contribution >= 0.6 is 0 Å². The first-order valence-electron chi connectivity index (χ1n) is 7.61. The lowest BCUT2D eigenvalue weighted by Crippen LogP contribution is -2.06. The number of unbranched alkanes of at least 4 members (excludes halogenated alkanes) is 3. The first-order chi connectivity index (χ1) is 7.61. The molecule has 0 aromatic heterocycles. The minimum Gasteiger partial charge on any atom is -0.0651 e. The van der Waals surface area contributed by atoms with Crippen LogP contribution in [0.3, 0.4) is 0 Å². The third-order valence-corrected chi connectivity index (χ3v) is 4.42. The Morgan fingerprint density at radius 3 is 1.69 bits per heavy atom. The summed E-state index contributed by atoms with van der Waals surface area (Å²) < 4.78 is 0. The molecule has 0 N–H and O–H groups in total. The van der Waals surface area contributed by atoms with Crippen molar-refractivity contribution in [3.05, 3.63) is 0 Å². The summed E-state index contributed by atoms with van der Waals surface area (Å²) in [5, 5.41) is 0. The van der Waals surface area contributed by atoms with Crippen molar-refractivity contribution in [1.29, 1.82) is 0 Å². The minimum atomic E-state index is 0.917. The van der Waals surface area contributed by atoms with E-state index in [1.165, 1.54) is 51.4 Å². The molecule has 0 saturated carbocycles. The molecule has 0 heteroatoms. The van der Waals surface area contributed by atoms with Crippen molar-refractivity contribution in [2.24, 2.45) is 17.8 Å². The predicted molar refractivity (Wildman–Crippen MR) is 75.8 cm³/mol. The zero-order chi connectivity index (χ0) is 12.4. The van der Waals surface area contributed by atoms with Gasteiger partial charge in [0, 0.05) is 0 Å². The zero-order valence-corrected chi connectivity index (χ0v) is 12.4. The fourth-order valence-electron chi connectivity index (χ4n) is 2.20. The molecule has 0 spiro atoms. The molecule has 0 aliphatic rings. The monoisotopic (exact) mass is 226 g/mol. The lowest BCUT2D eigenvalue weighted by molar-refractivity contribution is 0.341. The van der Waals surface area contributed by atoms with Gasteiger partial charge in [-0.3, -0.25) is 0 Å². The molecule has 98 valence electrons. The highest BCUT2D eigenvalue weighted by molar-refractivity contribution is 4.60. The maximum atomic E-state index is 2.42. The van der Waals surface area contributed by atoms with Crippen LogP contribution in [0.4, 0.5) is 0 Å². The third kappa shape index (κ3) is 8.19. The molecular formula is C16H34. The van der Waals surface area contributed by atoms with Gasteiger partial charge in [0.2, 0.25) is 0 Å². The molecule has 0 saturated heterocycles. The largest absolute Gasteiger partial charge is 0.0651 e. The molecule has 0 fully saturated rings. The van der Waals surface area contributed by atoms with Crippen molar-refractivity contribution >= 4 is 0 Å². The first-order valence-corrected chi connectivity index (χ1v) is 7.61. The summed E-state index contributed by atoms with van der Waals surface area (Å²) in [5.74, 6) is 2.79. The van der Waals surface area contributed by atoms with Gasteiger partial charge in [0.25, 0.3) is 0 Å². The first kappa shape index (κ1) is 16.0. The number of rotatable bonds is 10. The van der Waals surface area contributed by atoms with Crippen LogP contribution in [0.1, 0.15) is 86.0 Å². The van der Waals surface area contributed by atoms with Crippen LogP contribution in [0.5, 0.6) is 0 Å². The quantitative estimate of drug-likeness (QED) is 0.397. The highest BCUT2D eigenvalue weighted by Crippen LogP contribution is 2.21. The van der Waals surface area contributed by atoms with Crippen molar-refractivity contribution < 1.29 is 0 Å². The van der Waals surface area contributed by atoms with Crippen LogP contribution in [0.25, 0.3) is 0 Å². The summed E-state index contributed by atoms with van der Waals surface area (Å²) in [7, 11) is 0. The lowest BCUT2D eigenvalue weighted by atomic mass is 9.89. The smallest absolute Gasteiger partial charge is 0.0417 e.